The van der Waals surface area contributed by atoms with Crippen LogP contribution >= 0.6 is 0 Å². The van der Waals surface area contributed by atoms with Crippen molar-refractivity contribution in [3.8, 4) is 5.75 Å². The summed E-state index contributed by atoms with van der Waals surface area (Å²) in [5, 5.41) is 3.62. The number of rotatable bonds is 9. The van der Waals surface area contributed by atoms with E-state index in [0.29, 0.717) is 0 Å². The molecule has 2 aromatic carbocycles. The lowest BCUT2D eigenvalue weighted by molar-refractivity contribution is 0.0449. The predicted octanol–water partition coefficient (Wildman–Crippen LogP) is 4.46. The molecule has 0 aliphatic carbocycles. The maximum absolute atomic E-state index is 5.58. The number of hydrogen-bond acceptors (Lipinski definition) is 3. The molecule has 0 amide bonds. The first kappa shape index (κ1) is 18.9. The zero-order valence-corrected chi connectivity index (χ0v) is 15.8. The van der Waals surface area contributed by atoms with Gasteiger partial charge in [0.1, 0.15) is 5.75 Å². The van der Waals surface area contributed by atoms with Gasteiger partial charge >= 0.3 is 0 Å². The van der Waals surface area contributed by atoms with Crippen LogP contribution in [0, 0.1) is 11.8 Å². The lowest BCUT2D eigenvalue weighted by Crippen LogP contribution is -2.28. The van der Waals surface area contributed by atoms with E-state index < -0.39 is 0 Å². The van der Waals surface area contributed by atoms with Crippen LogP contribution in [-0.2, 0) is 17.7 Å². The molecule has 1 aliphatic rings. The quantitative estimate of drug-likeness (QED) is 0.675. The first-order valence-corrected chi connectivity index (χ1v) is 9.80. The number of methoxy groups -OCH3 is 1. The lowest BCUT2D eigenvalue weighted by Gasteiger charge is -2.30. The zero-order valence-electron chi connectivity index (χ0n) is 15.8. The fourth-order valence-corrected chi connectivity index (χ4v) is 3.87. The molecule has 0 spiro atoms. The second-order valence-electron chi connectivity index (χ2n) is 7.21. The van der Waals surface area contributed by atoms with Gasteiger partial charge in [-0.15, -0.1) is 0 Å². The van der Waals surface area contributed by atoms with Crippen molar-refractivity contribution in [3.63, 3.8) is 0 Å². The van der Waals surface area contributed by atoms with E-state index in [1.54, 1.807) is 7.11 Å². The van der Waals surface area contributed by atoms with Gasteiger partial charge in [-0.1, -0.05) is 42.5 Å². The Labute approximate surface area is 157 Å². The van der Waals surface area contributed by atoms with Crippen LogP contribution in [0.1, 0.15) is 30.4 Å². The Bertz CT molecular complexity index is 620. The molecule has 3 nitrogen and oxygen atoms in total. The first-order chi connectivity index (χ1) is 12.8. The molecule has 3 heteroatoms. The summed E-state index contributed by atoms with van der Waals surface area (Å²) in [7, 11) is 1.70. The molecule has 1 aliphatic heterocycles. The average Bonchev–Trinajstić information content (AvgIpc) is 2.72. The highest BCUT2D eigenvalue weighted by Gasteiger charge is 2.23. The smallest absolute Gasteiger partial charge is 0.118 e. The van der Waals surface area contributed by atoms with Gasteiger partial charge in [0.25, 0.3) is 0 Å². The van der Waals surface area contributed by atoms with Gasteiger partial charge in [-0.25, -0.2) is 0 Å². The van der Waals surface area contributed by atoms with Crippen LogP contribution in [0.2, 0.25) is 0 Å². The van der Waals surface area contributed by atoms with E-state index in [4.69, 9.17) is 9.47 Å². The van der Waals surface area contributed by atoms with Crippen molar-refractivity contribution >= 4 is 0 Å². The molecule has 3 rings (SSSR count). The van der Waals surface area contributed by atoms with Gasteiger partial charge in [-0.2, -0.15) is 0 Å². The summed E-state index contributed by atoms with van der Waals surface area (Å²) in [5.41, 5.74) is 2.76. The third kappa shape index (κ3) is 5.86. The van der Waals surface area contributed by atoms with E-state index in [2.05, 4.69) is 47.8 Å². The molecule has 1 fully saturated rings. The first-order valence-electron chi connectivity index (χ1n) is 9.80. The summed E-state index contributed by atoms with van der Waals surface area (Å²) in [4.78, 5) is 0. The van der Waals surface area contributed by atoms with E-state index in [1.807, 2.05) is 12.1 Å². The van der Waals surface area contributed by atoms with Crippen LogP contribution in [0.4, 0.5) is 0 Å². The Hall–Kier alpha value is -1.84. The standard InChI is InChI=1S/C23H31NO2/c1-25-23-9-7-20(8-10-23)18-24-14-11-22(21-12-15-26-16-13-21)17-19-5-3-2-4-6-19/h2-10,21-22,24H,11-18H2,1H3. The van der Waals surface area contributed by atoms with Crippen LogP contribution in [0.5, 0.6) is 5.75 Å². The molecule has 1 saturated heterocycles. The number of benzene rings is 2. The minimum Gasteiger partial charge on any atom is -0.497 e. The van der Waals surface area contributed by atoms with Crippen molar-refractivity contribution in [1.82, 2.24) is 5.32 Å². The maximum Gasteiger partial charge on any atom is 0.118 e. The highest BCUT2D eigenvalue weighted by Crippen LogP contribution is 2.29. The Kier molecular flexibility index (Phi) is 7.53. The fraction of sp³-hybridized carbons (Fsp3) is 0.478. The van der Waals surface area contributed by atoms with Crippen molar-refractivity contribution in [2.24, 2.45) is 11.8 Å². The van der Waals surface area contributed by atoms with Gasteiger partial charge in [-0.05, 0) is 67.3 Å². The molecule has 0 radical (unpaired) electrons. The maximum atomic E-state index is 5.58. The molecule has 0 saturated carbocycles. The third-order valence-electron chi connectivity index (χ3n) is 5.45. The van der Waals surface area contributed by atoms with Crippen molar-refractivity contribution in [2.75, 3.05) is 26.9 Å². The molecule has 1 unspecified atom stereocenters. The molecular formula is C23H31NO2. The summed E-state index contributed by atoms with van der Waals surface area (Å²) in [6.45, 7) is 3.82. The summed E-state index contributed by atoms with van der Waals surface area (Å²) in [6, 6.07) is 19.2. The highest BCUT2D eigenvalue weighted by molar-refractivity contribution is 5.27. The molecule has 26 heavy (non-hydrogen) atoms. The molecule has 1 heterocycles. The van der Waals surface area contributed by atoms with Gasteiger partial charge in [0.15, 0.2) is 0 Å². The zero-order chi connectivity index (χ0) is 18.0. The van der Waals surface area contributed by atoms with E-state index in [9.17, 15) is 0 Å². The Morgan fingerprint density at radius 2 is 1.73 bits per heavy atom. The monoisotopic (exact) mass is 353 g/mol. The number of hydrogen-bond donors (Lipinski definition) is 1. The second-order valence-corrected chi connectivity index (χ2v) is 7.21. The molecule has 140 valence electrons. The Morgan fingerprint density at radius 3 is 2.42 bits per heavy atom. The fourth-order valence-electron chi connectivity index (χ4n) is 3.87. The summed E-state index contributed by atoms with van der Waals surface area (Å²) < 4.78 is 10.8. The lowest BCUT2D eigenvalue weighted by atomic mass is 9.80. The van der Waals surface area contributed by atoms with E-state index >= 15 is 0 Å². The SMILES string of the molecule is COc1ccc(CNCCC(Cc2ccccc2)C2CCOCC2)cc1. The number of nitrogens with one attached hydrogen (secondary N) is 1. The van der Waals surface area contributed by atoms with E-state index in [-0.39, 0.29) is 0 Å². The van der Waals surface area contributed by atoms with Crippen LogP contribution in [0.15, 0.2) is 54.6 Å². The predicted molar refractivity (Wildman–Crippen MR) is 106 cm³/mol. The van der Waals surface area contributed by atoms with Crippen molar-refractivity contribution < 1.29 is 9.47 Å². The van der Waals surface area contributed by atoms with Crippen molar-refractivity contribution in [2.45, 2.75) is 32.2 Å². The van der Waals surface area contributed by atoms with Gasteiger partial charge in [0, 0.05) is 19.8 Å². The van der Waals surface area contributed by atoms with Gasteiger partial charge < -0.3 is 14.8 Å². The topological polar surface area (TPSA) is 30.5 Å². The average molecular weight is 354 g/mol. The summed E-state index contributed by atoms with van der Waals surface area (Å²) in [5.74, 6) is 2.42. The van der Waals surface area contributed by atoms with Crippen LogP contribution in [0.3, 0.4) is 0 Å². The minimum atomic E-state index is 0.727. The highest BCUT2D eigenvalue weighted by atomic mass is 16.5. The molecule has 1 atom stereocenters. The van der Waals surface area contributed by atoms with Gasteiger partial charge in [-0.3, -0.25) is 0 Å². The van der Waals surface area contributed by atoms with Gasteiger partial charge in [0.2, 0.25) is 0 Å². The normalized spacial score (nSPS) is 16.3. The molecule has 0 bridgehead atoms. The van der Waals surface area contributed by atoms with E-state index in [0.717, 1.165) is 43.9 Å². The van der Waals surface area contributed by atoms with Crippen LogP contribution in [-0.4, -0.2) is 26.9 Å². The van der Waals surface area contributed by atoms with Crippen molar-refractivity contribution in [1.29, 1.82) is 0 Å². The largest absolute Gasteiger partial charge is 0.497 e. The second kappa shape index (κ2) is 10.3. The van der Waals surface area contributed by atoms with Crippen LogP contribution < -0.4 is 10.1 Å². The Morgan fingerprint density at radius 1 is 1.00 bits per heavy atom. The Balaban J connectivity index is 1.49. The van der Waals surface area contributed by atoms with Gasteiger partial charge in [0.05, 0.1) is 7.11 Å². The molecule has 0 aromatic heterocycles. The number of ether oxygens (including phenoxy) is 2. The van der Waals surface area contributed by atoms with E-state index in [1.165, 1.54) is 36.8 Å². The third-order valence-corrected chi connectivity index (χ3v) is 5.45. The molecule has 1 N–H and O–H groups in total. The van der Waals surface area contributed by atoms with Crippen molar-refractivity contribution in [3.05, 3.63) is 65.7 Å². The molecular weight excluding hydrogens is 322 g/mol. The molecule has 2 aromatic rings. The minimum absolute atomic E-state index is 0.727. The summed E-state index contributed by atoms with van der Waals surface area (Å²) >= 11 is 0. The summed E-state index contributed by atoms with van der Waals surface area (Å²) in [6.07, 6.45) is 4.80. The van der Waals surface area contributed by atoms with Crippen LogP contribution in [0.25, 0.3) is 0 Å².